The summed E-state index contributed by atoms with van der Waals surface area (Å²) in [5, 5.41) is 2.77. The van der Waals surface area contributed by atoms with Gasteiger partial charge in [0.25, 0.3) is 0 Å². The summed E-state index contributed by atoms with van der Waals surface area (Å²) in [6.45, 7) is 5.00. The van der Waals surface area contributed by atoms with Gasteiger partial charge in [-0.25, -0.2) is 8.78 Å². The number of rotatable bonds is 0. The topological polar surface area (TPSA) is 29.1 Å². The molecule has 0 unspecified atom stereocenters. The molecule has 1 N–H and O–H groups in total. The monoisotopic (exact) mass is 225 g/mol. The molecule has 16 heavy (non-hydrogen) atoms. The zero-order chi connectivity index (χ0) is 12.1. The lowest BCUT2D eigenvalue weighted by atomic mass is 9.86. The first kappa shape index (κ1) is 11.0. The summed E-state index contributed by atoms with van der Waals surface area (Å²) < 4.78 is 26.8. The number of ketones is 1. The second-order valence-corrected chi connectivity index (χ2v) is 4.69. The SMILES string of the molecule is Cc1cc(F)c(F)c2c1CC(=O)C(C)(C)N2. The van der Waals surface area contributed by atoms with E-state index in [-0.39, 0.29) is 17.9 Å². The van der Waals surface area contributed by atoms with Crippen LogP contribution in [0.1, 0.15) is 25.0 Å². The van der Waals surface area contributed by atoms with Crippen LogP contribution in [0.2, 0.25) is 0 Å². The van der Waals surface area contributed by atoms with Crippen molar-refractivity contribution in [2.45, 2.75) is 32.7 Å². The number of hydrogen-bond acceptors (Lipinski definition) is 2. The summed E-state index contributed by atoms with van der Waals surface area (Å²) in [6, 6.07) is 1.13. The van der Waals surface area contributed by atoms with Gasteiger partial charge in [-0.05, 0) is 38.0 Å². The van der Waals surface area contributed by atoms with Crippen LogP contribution < -0.4 is 5.32 Å². The number of anilines is 1. The third-order valence-electron chi connectivity index (χ3n) is 3.02. The summed E-state index contributed by atoms with van der Waals surface area (Å²) in [7, 11) is 0. The van der Waals surface area contributed by atoms with Crippen molar-refractivity contribution in [3.8, 4) is 0 Å². The zero-order valence-electron chi connectivity index (χ0n) is 9.45. The number of nitrogens with one attached hydrogen (secondary N) is 1. The Bertz CT molecular complexity index is 480. The van der Waals surface area contributed by atoms with E-state index in [1.54, 1.807) is 20.8 Å². The van der Waals surface area contributed by atoms with Crippen LogP contribution in [0.5, 0.6) is 0 Å². The number of halogens is 2. The molecule has 0 aliphatic carbocycles. The van der Waals surface area contributed by atoms with Gasteiger partial charge in [-0.15, -0.1) is 0 Å². The van der Waals surface area contributed by atoms with E-state index in [0.29, 0.717) is 11.1 Å². The molecule has 0 radical (unpaired) electrons. The lowest BCUT2D eigenvalue weighted by Crippen LogP contribution is -2.45. The van der Waals surface area contributed by atoms with Crippen molar-refractivity contribution in [1.82, 2.24) is 0 Å². The Hall–Kier alpha value is -1.45. The molecule has 1 heterocycles. The van der Waals surface area contributed by atoms with Crippen molar-refractivity contribution in [3.63, 3.8) is 0 Å². The fraction of sp³-hybridized carbons (Fsp3) is 0.417. The molecule has 0 saturated carbocycles. The molecule has 0 amide bonds. The van der Waals surface area contributed by atoms with E-state index in [1.807, 2.05) is 0 Å². The molecule has 0 aromatic heterocycles. The smallest absolute Gasteiger partial charge is 0.182 e. The minimum Gasteiger partial charge on any atom is -0.371 e. The number of aryl methyl sites for hydroxylation is 1. The summed E-state index contributed by atoms with van der Waals surface area (Å²) in [6.07, 6.45) is 0.151. The average molecular weight is 225 g/mol. The Labute approximate surface area is 92.7 Å². The van der Waals surface area contributed by atoms with Crippen molar-refractivity contribution in [2.75, 3.05) is 5.32 Å². The van der Waals surface area contributed by atoms with Gasteiger partial charge in [0.2, 0.25) is 0 Å². The predicted octanol–water partition coefficient (Wildman–Crippen LogP) is 2.59. The molecular formula is C12H13F2NO. The van der Waals surface area contributed by atoms with Crippen LogP contribution in [-0.2, 0) is 11.2 Å². The van der Waals surface area contributed by atoms with E-state index in [4.69, 9.17) is 0 Å². The Morgan fingerprint density at radius 2 is 2.00 bits per heavy atom. The molecule has 1 aliphatic rings. The minimum atomic E-state index is -0.902. The third-order valence-corrected chi connectivity index (χ3v) is 3.02. The van der Waals surface area contributed by atoms with Gasteiger partial charge in [0.15, 0.2) is 17.4 Å². The highest BCUT2D eigenvalue weighted by Gasteiger charge is 2.35. The molecule has 0 spiro atoms. The molecule has 1 aromatic rings. The fourth-order valence-electron chi connectivity index (χ4n) is 1.91. The third kappa shape index (κ3) is 1.49. The van der Waals surface area contributed by atoms with Crippen LogP contribution in [-0.4, -0.2) is 11.3 Å². The number of carbonyl (C=O) groups is 1. The highest BCUT2D eigenvalue weighted by atomic mass is 19.2. The van der Waals surface area contributed by atoms with Crippen LogP contribution in [0.25, 0.3) is 0 Å². The number of carbonyl (C=O) groups excluding carboxylic acids is 1. The van der Waals surface area contributed by atoms with Gasteiger partial charge in [0.1, 0.15) is 0 Å². The maximum Gasteiger partial charge on any atom is 0.182 e. The standard InChI is InChI=1S/C12H13F2NO/c1-6-4-8(13)10(14)11-7(6)5-9(16)12(2,3)15-11/h4,15H,5H2,1-3H3. The van der Waals surface area contributed by atoms with E-state index < -0.39 is 17.2 Å². The lowest BCUT2D eigenvalue weighted by Gasteiger charge is -2.33. The number of fused-ring (bicyclic) bond motifs is 1. The second kappa shape index (κ2) is 3.27. The summed E-state index contributed by atoms with van der Waals surface area (Å²) in [5.74, 6) is -1.80. The van der Waals surface area contributed by atoms with Crippen molar-refractivity contribution >= 4 is 11.5 Å². The lowest BCUT2D eigenvalue weighted by molar-refractivity contribution is -0.122. The predicted molar refractivity (Wildman–Crippen MR) is 57.5 cm³/mol. The van der Waals surface area contributed by atoms with Crippen LogP contribution in [0.4, 0.5) is 14.5 Å². The van der Waals surface area contributed by atoms with Gasteiger partial charge in [-0.1, -0.05) is 0 Å². The molecule has 2 rings (SSSR count). The van der Waals surface area contributed by atoms with Gasteiger partial charge in [-0.3, -0.25) is 4.79 Å². The molecule has 4 heteroatoms. The highest BCUT2D eigenvalue weighted by Crippen LogP contribution is 2.33. The highest BCUT2D eigenvalue weighted by molar-refractivity contribution is 5.96. The Balaban J connectivity index is 2.64. The van der Waals surface area contributed by atoms with Gasteiger partial charge in [0, 0.05) is 6.42 Å². The second-order valence-electron chi connectivity index (χ2n) is 4.69. The first-order valence-corrected chi connectivity index (χ1v) is 5.12. The van der Waals surface area contributed by atoms with Crippen molar-refractivity contribution in [2.24, 2.45) is 0 Å². The molecular weight excluding hydrogens is 212 g/mol. The molecule has 2 nitrogen and oxygen atoms in total. The molecule has 0 fully saturated rings. The van der Waals surface area contributed by atoms with Gasteiger partial charge in [0.05, 0.1) is 11.2 Å². The fourth-order valence-corrected chi connectivity index (χ4v) is 1.91. The van der Waals surface area contributed by atoms with E-state index in [1.165, 1.54) is 0 Å². The normalized spacial score (nSPS) is 17.9. The maximum absolute atomic E-state index is 13.6. The number of Topliss-reactive ketones (excluding diaryl/α,β-unsaturated/α-hetero) is 1. The molecule has 0 atom stereocenters. The summed E-state index contributed by atoms with van der Waals surface area (Å²) >= 11 is 0. The van der Waals surface area contributed by atoms with Crippen molar-refractivity contribution in [1.29, 1.82) is 0 Å². The molecule has 1 aliphatic heterocycles. The van der Waals surface area contributed by atoms with Crippen molar-refractivity contribution in [3.05, 3.63) is 28.8 Å². The quantitative estimate of drug-likeness (QED) is 0.735. The average Bonchev–Trinajstić information content (AvgIpc) is 2.18. The first-order valence-electron chi connectivity index (χ1n) is 5.12. The first-order chi connectivity index (χ1) is 7.33. The molecule has 0 saturated heterocycles. The van der Waals surface area contributed by atoms with Gasteiger partial charge >= 0.3 is 0 Å². The van der Waals surface area contributed by atoms with E-state index >= 15 is 0 Å². The Morgan fingerprint density at radius 3 is 2.62 bits per heavy atom. The largest absolute Gasteiger partial charge is 0.371 e. The van der Waals surface area contributed by atoms with E-state index in [2.05, 4.69) is 5.32 Å². The molecule has 86 valence electrons. The Morgan fingerprint density at radius 1 is 1.38 bits per heavy atom. The van der Waals surface area contributed by atoms with E-state index in [0.717, 1.165) is 6.07 Å². The van der Waals surface area contributed by atoms with Crippen LogP contribution in [0.15, 0.2) is 6.07 Å². The van der Waals surface area contributed by atoms with Crippen molar-refractivity contribution < 1.29 is 13.6 Å². The number of hydrogen-bond donors (Lipinski definition) is 1. The summed E-state index contributed by atoms with van der Waals surface area (Å²) in [4.78, 5) is 11.7. The number of benzene rings is 1. The molecule has 0 bridgehead atoms. The minimum absolute atomic E-state index is 0.0193. The van der Waals surface area contributed by atoms with E-state index in [9.17, 15) is 13.6 Å². The van der Waals surface area contributed by atoms with Crippen LogP contribution in [0, 0.1) is 18.6 Å². The van der Waals surface area contributed by atoms with Gasteiger partial charge in [-0.2, -0.15) is 0 Å². The Kier molecular flexibility index (Phi) is 2.26. The molecule has 1 aromatic carbocycles. The zero-order valence-corrected chi connectivity index (χ0v) is 9.45. The van der Waals surface area contributed by atoms with Crippen LogP contribution in [0.3, 0.4) is 0 Å². The summed E-state index contributed by atoms with van der Waals surface area (Å²) in [5.41, 5.74) is 0.448. The maximum atomic E-state index is 13.6. The van der Waals surface area contributed by atoms with Crippen LogP contribution >= 0.6 is 0 Å². The van der Waals surface area contributed by atoms with Gasteiger partial charge < -0.3 is 5.32 Å².